The molecule has 0 aliphatic carbocycles. The zero-order valence-corrected chi connectivity index (χ0v) is 15.1. The Bertz CT molecular complexity index is 822. The van der Waals surface area contributed by atoms with Crippen LogP contribution in [-0.2, 0) is 13.1 Å². The molecule has 1 saturated heterocycles. The molecule has 0 radical (unpaired) electrons. The third-order valence-corrected chi connectivity index (χ3v) is 4.67. The molecule has 3 heterocycles. The lowest BCUT2D eigenvalue weighted by molar-refractivity contribution is 0.318. The zero-order chi connectivity index (χ0) is 17.8. The molecule has 0 saturated carbocycles. The Hall–Kier alpha value is -2.73. The molecule has 134 valence electrons. The van der Waals surface area contributed by atoms with Gasteiger partial charge in [-0.15, -0.1) is 0 Å². The number of aromatic nitrogens is 4. The maximum atomic E-state index is 4.55. The van der Waals surface area contributed by atoms with E-state index in [-0.39, 0.29) is 0 Å². The maximum Gasteiger partial charge on any atom is 0.225 e. The largest absolute Gasteiger partial charge is 0.341 e. The monoisotopic (exact) mass is 348 g/mol. The van der Waals surface area contributed by atoms with E-state index in [1.54, 1.807) is 6.20 Å². The number of anilines is 1. The number of benzene rings is 1. The first-order chi connectivity index (χ1) is 12.8. The summed E-state index contributed by atoms with van der Waals surface area (Å²) in [4.78, 5) is 13.6. The van der Waals surface area contributed by atoms with Gasteiger partial charge in [0, 0.05) is 56.5 Å². The molecule has 3 aromatic rings. The van der Waals surface area contributed by atoms with Crippen molar-refractivity contribution in [3.8, 4) is 5.69 Å². The van der Waals surface area contributed by atoms with Crippen molar-refractivity contribution in [2.75, 3.05) is 25.0 Å². The second-order valence-corrected chi connectivity index (χ2v) is 6.88. The Morgan fingerprint density at radius 3 is 2.50 bits per heavy atom. The number of hydrogen-bond donors (Lipinski definition) is 0. The second-order valence-electron chi connectivity index (χ2n) is 6.88. The lowest BCUT2D eigenvalue weighted by atomic mass is 10.2. The number of nitrogens with zero attached hydrogens (tertiary/aromatic N) is 6. The van der Waals surface area contributed by atoms with Gasteiger partial charge >= 0.3 is 0 Å². The lowest BCUT2D eigenvalue weighted by Crippen LogP contribution is -2.21. The van der Waals surface area contributed by atoms with Gasteiger partial charge in [-0.3, -0.25) is 4.90 Å². The minimum absolute atomic E-state index is 0.826. The van der Waals surface area contributed by atoms with E-state index < -0.39 is 0 Å². The van der Waals surface area contributed by atoms with E-state index in [0.717, 1.165) is 43.4 Å². The van der Waals surface area contributed by atoms with Crippen molar-refractivity contribution in [1.29, 1.82) is 0 Å². The molecule has 0 spiro atoms. The summed E-state index contributed by atoms with van der Waals surface area (Å²) in [6, 6.07) is 10.4. The molecule has 2 aromatic heterocycles. The van der Waals surface area contributed by atoms with Gasteiger partial charge in [-0.1, -0.05) is 12.1 Å². The van der Waals surface area contributed by atoms with Gasteiger partial charge in [-0.25, -0.2) is 14.6 Å². The second kappa shape index (κ2) is 7.66. The summed E-state index contributed by atoms with van der Waals surface area (Å²) in [5.41, 5.74) is 3.48. The molecule has 0 unspecified atom stereocenters. The topological polar surface area (TPSA) is 50.1 Å². The van der Waals surface area contributed by atoms with Gasteiger partial charge in [0.2, 0.25) is 5.95 Å². The third kappa shape index (κ3) is 3.91. The van der Waals surface area contributed by atoms with E-state index in [1.807, 2.05) is 29.3 Å². The summed E-state index contributed by atoms with van der Waals surface area (Å²) in [6.45, 7) is 3.84. The van der Waals surface area contributed by atoms with E-state index in [9.17, 15) is 0 Å². The van der Waals surface area contributed by atoms with E-state index in [0.29, 0.717) is 0 Å². The first-order valence-electron chi connectivity index (χ1n) is 9.11. The van der Waals surface area contributed by atoms with Gasteiger partial charge in [-0.05, 0) is 43.7 Å². The van der Waals surface area contributed by atoms with Gasteiger partial charge in [0.15, 0.2) is 0 Å². The van der Waals surface area contributed by atoms with Gasteiger partial charge in [0.05, 0.1) is 5.69 Å². The van der Waals surface area contributed by atoms with Crippen LogP contribution in [0.2, 0.25) is 0 Å². The summed E-state index contributed by atoms with van der Waals surface area (Å²) in [6.07, 6.45) is 10.2. The lowest BCUT2D eigenvalue weighted by Gasteiger charge is -2.18. The Morgan fingerprint density at radius 1 is 1.00 bits per heavy atom. The Labute approximate surface area is 154 Å². The van der Waals surface area contributed by atoms with E-state index in [4.69, 9.17) is 0 Å². The first kappa shape index (κ1) is 16.7. The number of rotatable bonds is 6. The Kier molecular flexibility index (Phi) is 4.93. The van der Waals surface area contributed by atoms with Crippen molar-refractivity contribution in [3.63, 3.8) is 0 Å². The molecule has 1 fully saturated rings. The van der Waals surface area contributed by atoms with Crippen LogP contribution in [0.25, 0.3) is 5.69 Å². The maximum absolute atomic E-state index is 4.55. The molecule has 6 nitrogen and oxygen atoms in total. The SMILES string of the molecule is CN(Cc1cnc(N2CCCC2)nc1)Cc1cccc(-n2cccn2)c1. The Balaban J connectivity index is 1.38. The predicted molar refractivity (Wildman–Crippen MR) is 102 cm³/mol. The zero-order valence-electron chi connectivity index (χ0n) is 15.1. The highest BCUT2D eigenvalue weighted by molar-refractivity contribution is 5.35. The van der Waals surface area contributed by atoms with Crippen LogP contribution in [0.1, 0.15) is 24.0 Å². The fraction of sp³-hybridized carbons (Fsp3) is 0.350. The van der Waals surface area contributed by atoms with Gasteiger partial charge in [-0.2, -0.15) is 5.10 Å². The Morgan fingerprint density at radius 2 is 1.77 bits per heavy atom. The fourth-order valence-corrected chi connectivity index (χ4v) is 3.41. The van der Waals surface area contributed by atoms with Crippen LogP contribution in [0, 0.1) is 0 Å². The molecule has 0 N–H and O–H groups in total. The van der Waals surface area contributed by atoms with Crippen LogP contribution in [0.5, 0.6) is 0 Å². The first-order valence-corrected chi connectivity index (χ1v) is 9.11. The van der Waals surface area contributed by atoms with Crippen molar-refractivity contribution in [1.82, 2.24) is 24.6 Å². The minimum Gasteiger partial charge on any atom is -0.341 e. The van der Waals surface area contributed by atoms with Crippen LogP contribution in [0.4, 0.5) is 5.95 Å². The van der Waals surface area contributed by atoms with Gasteiger partial charge in [0.1, 0.15) is 0 Å². The van der Waals surface area contributed by atoms with E-state index >= 15 is 0 Å². The van der Waals surface area contributed by atoms with Crippen molar-refractivity contribution in [2.45, 2.75) is 25.9 Å². The smallest absolute Gasteiger partial charge is 0.225 e. The predicted octanol–water partition coefficient (Wildman–Crippen LogP) is 2.89. The highest BCUT2D eigenvalue weighted by Crippen LogP contribution is 2.16. The molecular weight excluding hydrogens is 324 g/mol. The molecule has 26 heavy (non-hydrogen) atoms. The van der Waals surface area contributed by atoms with Crippen LogP contribution in [0.15, 0.2) is 55.1 Å². The number of hydrogen-bond acceptors (Lipinski definition) is 5. The molecule has 0 bridgehead atoms. The quantitative estimate of drug-likeness (QED) is 0.685. The minimum atomic E-state index is 0.826. The molecule has 6 heteroatoms. The van der Waals surface area contributed by atoms with Crippen molar-refractivity contribution < 1.29 is 0 Å². The van der Waals surface area contributed by atoms with Crippen molar-refractivity contribution >= 4 is 5.95 Å². The molecule has 1 aromatic carbocycles. The molecule has 1 aliphatic rings. The highest BCUT2D eigenvalue weighted by atomic mass is 15.3. The summed E-state index contributed by atoms with van der Waals surface area (Å²) < 4.78 is 1.88. The van der Waals surface area contributed by atoms with Gasteiger partial charge in [0.25, 0.3) is 0 Å². The van der Waals surface area contributed by atoms with E-state index in [2.05, 4.69) is 56.2 Å². The third-order valence-electron chi connectivity index (χ3n) is 4.67. The van der Waals surface area contributed by atoms with Gasteiger partial charge < -0.3 is 4.90 Å². The molecule has 4 rings (SSSR count). The molecule has 0 atom stereocenters. The fourth-order valence-electron chi connectivity index (χ4n) is 3.41. The van der Waals surface area contributed by atoms with Crippen LogP contribution >= 0.6 is 0 Å². The van der Waals surface area contributed by atoms with Crippen LogP contribution < -0.4 is 4.90 Å². The highest BCUT2D eigenvalue weighted by Gasteiger charge is 2.14. The van der Waals surface area contributed by atoms with Crippen molar-refractivity contribution in [2.24, 2.45) is 0 Å². The normalized spacial score (nSPS) is 14.3. The van der Waals surface area contributed by atoms with E-state index in [1.165, 1.54) is 18.4 Å². The standard InChI is InChI=1S/C20H24N6/c1-24(15-17-6-4-7-19(12-17)26-11-5-8-23-26)16-18-13-21-20(22-14-18)25-9-2-3-10-25/h4-8,11-14H,2-3,9-10,15-16H2,1H3. The molecule has 0 amide bonds. The molecular formula is C20H24N6. The summed E-state index contributed by atoms with van der Waals surface area (Å²) >= 11 is 0. The summed E-state index contributed by atoms with van der Waals surface area (Å²) in [5.74, 6) is 0.862. The van der Waals surface area contributed by atoms with Crippen LogP contribution in [0.3, 0.4) is 0 Å². The summed E-state index contributed by atoms with van der Waals surface area (Å²) in [5, 5.41) is 4.30. The average Bonchev–Trinajstić information content (AvgIpc) is 3.37. The molecule has 1 aliphatic heterocycles. The summed E-state index contributed by atoms with van der Waals surface area (Å²) in [7, 11) is 2.12. The van der Waals surface area contributed by atoms with Crippen LogP contribution in [-0.4, -0.2) is 44.8 Å². The average molecular weight is 348 g/mol. The van der Waals surface area contributed by atoms with Crippen molar-refractivity contribution in [3.05, 3.63) is 66.2 Å².